The molecule has 0 spiro atoms. The minimum absolute atomic E-state index is 0.108. The highest BCUT2D eigenvalue weighted by atomic mass is 19.4. The molecule has 0 saturated heterocycles. The van der Waals surface area contributed by atoms with Gasteiger partial charge < -0.3 is 14.4 Å². The van der Waals surface area contributed by atoms with Crippen LogP contribution in [0.15, 0.2) is 42.7 Å². The van der Waals surface area contributed by atoms with E-state index in [1.54, 1.807) is 29.2 Å². The molecule has 0 N–H and O–H groups in total. The molecule has 3 aromatic rings. The van der Waals surface area contributed by atoms with Crippen molar-refractivity contribution in [3.05, 3.63) is 65.1 Å². The van der Waals surface area contributed by atoms with Gasteiger partial charge in [0, 0.05) is 30.6 Å². The Morgan fingerprint density at radius 3 is 2.74 bits per heavy atom. The summed E-state index contributed by atoms with van der Waals surface area (Å²) in [5.74, 6) is -0.317. The summed E-state index contributed by atoms with van der Waals surface area (Å²) in [5.41, 5.74) is 2.23. The number of benzene rings is 1. The number of hydrogen-bond donors (Lipinski definition) is 0. The maximum absolute atomic E-state index is 13.2. The van der Waals surface area contributed by atoms with Crippen molar-refractivity contribution in [2.24, 2.45) is 0 Å². The van der Waals surface area contributed by atoms with Crippen LogP contribution in [0.4, 0.5) is 13.2 Å². The van der Waals surface area contributed by atoms with E-state index in [0.29, 0.717) is 18.2 Å². The molecule has 3 heterocycles. The van der Waals surface area contributed by atoms with Crippen molar-refractivity contribution in [1.82, 2.24) is 19.7 Å². The molecular formula is C23H20F3N5O3. The molecular weight excluding hydrogens is 451 g/mol. The molecule has 34 heavy (non-hydrogen) atoms. The highest BCUT2D eigenvalue weighted by Crippen LogP contribution is 2.31. The fourth-order valence-corrected chi connectivity index (χ4v) is 3.49. The van der Waals surface area contributed by atoms with E-state index in [1.807, 2.05) is 13.0 Å². The number of hydrogen-bond acceptors (Lipinski definition) is 6. The van der Waals surface area contributed by atoms with Gasteiger partial charge >= 0.3 is 6.18 Å². The molecule has 4 rings (SSSR count). The maximum Gasteiger partial charge on any atom is 0.425 e. The Kier molecular flexibility index (Phi) is 6.15. The number of fused-ring (bicyclic) bond motifs is 1. The van der Waals surface area contributed by atoms with Crippen LogP contribution in [0.1, 0.15) is 41.0 Å². The standard InChI is InChI=1S/C23H20F3N5O3/c1-3-33-21-9-17(6-7-28-21)31-12-16-11-30(13-19(16)29-31)22(32)18-8-15(10-27)4-5-20(18)34-14(2)23(24,25)26/h4-9,12,14H,3,11,13H2,1-2H3. The van der Waals surface area contributed by atoms with Gasteiger partial charge in [-0.1, -0.05) is 0 Å². The predicted octanol–water partition coefficient (Wildman–Crippen LogP) is 4.02. The minimum Gasteiger partial charge on any atom is -0.480 e. The lowest BCUT2D eigenvalue weighted by Crippen LogP contribution is -2.32. The van der Waals surface area contributed by atoms with Crippen LogP contribution in [-0.4, -0.2) is 44.5 Å². The molecule has 8 nitrogen and oxygen atoms in total. The van der Waals surface area contributed by atoms with Gasteiger partial charge in [-0.3, -0.25) is 4.79 Å². The van der Waals surface area contributed by atoms with E-state index in [-0.39, 0.29) is 30.0 Å². The zero-order valence-corrected chi connectivity index (χ0v) is 18.3. The van der Waals surface area contributed by atoms with Crippen LogP contribution in [0.3, 0.4) is 0 Å². The Hall–Kier alpha value is -4.07. The second-order valence-electron chi connectivity index (χ2n) is 7.62. The van der Waals surface area contributed by atoms with Crippen LogP contribution >= 0.6 is 0 Å². The first-order valence-corrected chi connectivity index (χ1v) is 10.4. The molecule has 0 aliphatic carbocycles. The molecule has 1 amide bonds. The Bertz CT molecular complexity index is 1240. The Labute approximate surface area is 193 Å². The molecule has 1 aliphatic rings. The topological polar surface area (TPSA) is 93.3 Å². The SMILES string of the molecule is CCOc1cc(-n2cc3c(n2)CN(C(=O)c2cc(C#N)ccc2OC(C)C(F)(F)F)C3)ccn1. The fourth-order valence-electron chi connectivity index (χ4n) is 3.49. The lowest BCUT2D eigenvalue weighted by Gasteiger charge is -2.22. The third kappa shape index (κ3) is 4.66. The van der Waals surface area contributed by atoms with Gasteiger partial charge in [0.1, 0.15) is 5.75 Å². The molecule has 0 radical (unpaired) electrons. The largest absolute Gasteiger partial charge is 0.480 e. The van der Waals surface area contributed by atoms with Gasteiger partial charge in [-0.05, 0) is 38.1 Å². The maximum atomic E-state index is 13.2. The number of alkyl halides is 3. The number of ether oxygens (including phenoxy) is 2. The zero-order chi connectivity index (χ0) is 24.5. The normalized spacial score (nSPS) is 13.8. The van der Waals surface area contributed by atoms with Crippen molar-refractivity contribution in [2.45, 2.75) is 39.2 Å². The van der Waals surface area contributed by atoms with Crippen molar-refractivity contribution in [2.75, 3.05) is 6.61 Å². The van der Waals surface area contributed by atoms with E-state index in [9.17, 15) is 23.2 Å². The zero-order valence-electron chi connectivity index (χ0n) is 18.3. The van der Waals surface area contributed by atoms with Gasteiger partial charge in [0.2, 0.25) is 5.88 Å². The average molecular weight is 471 g/mol. The molecule has 1 unspecified atom stereocenters. The third-order valence-corrected chi connectivity index (χ3v) is 5.25. The van der Waals surface area contributed by atoms with Crippen LogP contribution < -0.4 is 9.47 Å². The molecule has 2 aromatic heterocycles. The number of nitrogens with zero attached hydrogens (tertiary/aromatic N) is 5. The van der Waals surface area contributed by atoms with Crippen LogP contribution in [0.25, 0.3) is 5.69 Å². The molecule has 11 heteroatoms. The predicted molar refractivity (Wildman–Crippen MR) is 113 cm³/mol. The van der Waals surface area contributed by atoms with Crippen molar-refractivity contribution in [1.29, 1.82) is 5.26 Å². The molecule has 0 saturated carbocycles. The lowest BCUT2D eigenvalue weighted by atomic mass is 10.1. The van der Waals surface area contributed by atoms with E-state index in [0.717, 1.165) is 18.2 Å². The summed E-state index contributed by atoms with van der Waals surface area (Å²) < 4.78 is 51.1. The van der Waals surface area contributed by atoms with Crippen LogP contribution in [0.5, 0.6) is 11.6 Å². The van der Waals surface area contributed by atoms with Crippen molar-refractivity contribution in [3.8, 4) is 23.4 Å². The van der Waals surface area contributed by atoms with Crippen molar-refractivity contribution < 1.29 is 27.4 Å². The number of aromatic nitrogens is 3. The van der Waals surface area contributed by atoms with Gasteiger partial charge in [-0.2, -0.15) is 23.5 Å². The summed E-state index contributed by atoms with van der Waals surface area (Å²) in [4.78, 5) is 18.8. The van der Waals surface area contributed by atoms with E-state index >= 15 is 0 Å². The van der Waals surface area contributed by atoms with E-state index in [4.69, 9.17) is 9.47 Å². The first kappa shape index (κ1) is 23.1. The van der Waals surface area contributed by atoms with Crippen LogP contribution in [-0.2, 0) is 13.1 Å². The van der Waals surface area contributed by atoms with E-state index in [2.05, 4.69) is 10.1 Å². The molecule has 0 fully saturated rings. The highest BCUT2D eigenvalue weighted by Gasteiger charge is 2.39. The number of amides is 1. The smallest absolute Gasteiger partial charge is 0.425 e. The van der Waals surface area contributed by atoms with Gasteiger partial charge in [-0.15, -0.1) is 0 Å². The second kappa shape index (κ2) is 9.05. The average Bonchev–Trinajstić information content (AvgIpc) is 3.38. The Morgan fingerprint density at radius 1 is 1.26 bits per heavy atom. The number of pyridine rings is 1. The third-order valence-electron chi connectivity index (χ3n) is 5.25. The number of carbonyl (C=O) groups excluding carboxylic acids is 1. The molecule has 1 aromatic carbocycles. The van der Waals surface area contributed by atoms with Gasteiger partial charge in [0.25, 0.3) is 5.91 Å². The number of carbonyl (C=O) groups is 1. The summed E-state index contributed by atoms with van der Waals surface area (Å²) in [7, 11) is 0. The monoisotopic (exact) mass is 471 g/mol. The van der Waals surface area contributed by atoms with Crippen molar-refractivity contribution in [3.63, 3.8) is 0 Å². The van der Waals surface area contributed by atoms with Crippen LogP contribution in [0, 0.1) is 11.3 Å². The number of nitriles is 1. The molecule has 176 valence electrons. The lowest BCUT2D eigenvalue weighted by molar-refractivity contribution is -0.189. The molecule has 0 bridgehead atoms. The Morgan fingerprint density at radius 2 is 2.06 bits per heavy atom. The summed E-state index contributed by atoms with van der Waals surface area (Å²) in [6.45, 7) is 3.56. The highest BCUT2D eigenvalue weighted by molar-refractivity contribution is 5.97. The van der Waals surface area contributed by atoms with E-state index < -0.39 is 18.2 Å². The first-order chi connectivity index (χ1) is 16.2. The van der Waals surface area contributed by atoms with Gasteiger partial charge in [0.15, 0.2) is 6.10 Å². The number of halogens is 3. The molecule has 1 aliphatic heterocycles. The summed E-state index contributed by atoms with van der Waals surface area (Å²) in [6.07, 6.45) is -3.33. The summed E-state index contributed by atoms with van der Waals surface area (Å²) in [6, 6.07) is 9.17. The van der Waals surface area contributed by atoms with Crippen molar-refractivity contribution >= 4 is 5.91 Å². The quantitative estimate of drug-likeness (QED) is 0.539. The summed E-state index contributed by atoms with van der Waals surface area (Å²) in [5, 5.41) is 13.7. The molecule has 1 atom stereocenters. The number of rotatable bonds is 6. The minimum atomic E-state index is -4.60. The second-order valence-corrected chi connectivity index (χ2v) is 7.62. The Balaban J connectivity index is 1.55. The summed E-state index contributed by atoms with van der Waals surface area (Å²) >= 11 is 0. The van der Waals surface area contributed by atoms with E-state index in [1.165, 1.54) is 23.1 Å². The fraction of sp³-hybridized carbons (Fsp3) is 0.304. The van der Waals surface area contributed by atoms with Gasteiger partial charge in [0.05, 0.1) is 41.7 Å². The van der Waals surface area contributed by atoms with Crippen LogP contribution in [0.2, 0.25) is 0 Å². The first-order valence-electron chi connectivity index (χ1n) is 10.4. The van der Waals surface area contributed by atoms with Gasteiger partial charge in [-0.25, -0.2) is 9.67 Å².